The number of rotatable bonds is 3. The van der Waals surface area contributed by atoms with Crippen molar-refractivity contribution in [3.05, 3.63) is 12.1 Å². The Morgan fingerprint density at radius 1 is 1.32 bits per heavy atom. The van der Waals surface area contributed by atoms with Crippen LogP contribution in [0.5, 0.6) is 0 Å². The lowest BCUT2D eigenvalue weighted by molar-refractivity contribution is 0.139. The number of nitrogens with two attached hydrogens (primary N) is 1. The number of piperidine rings is 1. The number of nitrogen functional groups attached to an aromatic ring is 1. The van der Waals surface area contributed by atoms with Gasteiger partial charge < -0.3 is 15.4 Å². The maximum Gasteiger partial charge on any atom is 0.160 e. The molecule has 1 aliphatic rings. The summed E-state index contributed by atoms with van der Waals surface area (Å²) < 4.78 is 10.0. The monoisotopic (exact) mass is 262 g/mol. The van der Waals surface area contributed by atoms with Gasteiger partial charge in [0, 0.05) is 26.8 Å². The zero-order valence-electron chi connectivity index (χ0n) is 11.0. The van der Waals surface area contributed by atoms with Gasteiger partial charge >= 0.3 is 0 Å². The fraction of sp³-hybridized carbons (Fsp3) is 0.538. The molecule has 6 nitrogen and oxygen atoms in total. The van der Waals surface area contributed by atoms with Gasteiger partial charge in [0.2, 0.25) is 0 Å². The largest absolute Gasteiger partial charge is 0.397 e. The zero-order valence-corrected chi connectivity index (χ0v) is 11.0. The Morgan fingerprint density at radius 3 is 2.79 bits per heavy atom. The van der Waals surface area contributed by atoms with E-state index in [1.165, 1.54) is 0 Å². The lowest BCUT2D eigenvalue weighted by Crippen LogP contribution is -2.35. The first-order valence-electron chi connectivity index (χ1n) is 6.54. The fourth-order valence-corrected chi connectivity index (χ4v) is 2.70. The second-order valence-corrected chi connectivity index (χ2v) is 5.02. The summed E-state index contributed by atoms with van der Waals surface area (Å²) >= 11 is 0. The van der Waals surface area contributed by atoms with Gasteiger partial charge in [0.15, 0.2) is 11.0 Å². The molecule has 2 aromatic rings. The lowest BCUT2D eigenvalue weighted by Gasteiger charge is -2.33. The van der Waals surface area contributed by atoms with Crippen molar-refractivity contribution in [2.75, 3.05) is 37.4 Å². The van der Waals surface area contributed by atoms with Crippen LogP contribution in [0.1, 0.15) is 12.8 Å². The Balaban J connectivity index is 1.82. The molecule has 1 aromatic carbocycles. The van der Waals surface area contributed by atoms with E-state index in [1.54, 1.807) is 7.11 Å². The van der Waals surface area contributed by atoms with Gasteiger partial charge in [-0.15, -0.1) is 0 Å². The topological polar surface area (TPSA) is 77.4 Å². The van der Waals surface area contributed by atoms with Crippen LogP contribution in [0.15, 0.2) is 16.8 Å². The van der Waals surface area contributed by atoms with Crippen molar-refractivity contribution in [3.63, 3.8) is 0 Å². The Labute approximate surface area is 111 Å². The van der Waals surface area contributed by atoms with Gasteiger partial charge in [0.25, 0.3) is 0 Å². The molecule has 0 unspecified atom stereocenters. The van der Waals surface area contributed by atoms with Gasteiger partial charge in [0.05, 0.1) is 11.4 Å². The van der Waals surface area contributed by atoms with Crippen molar-refractivity contribution in [1.29, 1.82) is 0 Å². The number of hydrogen-bond donors (Lipinski definition) is 1. The highest BCUT2D eigenvalue weighted by atomic mass is 16.6. The van der Waals surface area contributed by atoms with Gasteiger partial charge in [-0.2, -0.15) is 0 Å². The van der Waals surface area contributed by atoms with Crippen molar-refractivity contribution < 1.29 is 9.37 Å². The molecule has 1 fully saturated rings. The molecule has 0 aliphatic carbocycles. The number of benzene rings is 1. The second kappa shape index (κ2) is 5.05. The van der Waals surface area contributed by atoms with Gasteiger partial charge in [0.1, 0.15) is 0 Å². The molecule has 2 N–H and O–H groups in total. The van der Waals surface area contributed by atoms with Crippen molar-refractivity contribution >= 4 is 22.4 Å². The summed E-state index contributed by atoms with van der Waals surface area (Å²) in [5, 5.41) is 7.84. The maximum atomic E-state index is 5.86. The molecular weight excluding hydrogens is 244 g/mol. The Bertz CT molecular complexity index is 561. The quantitative estimate of drug-likeness (QED) is 0.848. The average molecular weight is 262 g/mol. The van der Waals surface area contributed by atoms with Crippen LogP contribution >= 0.6 is 0 Å². The first kappa shape index (κ1) is 12.2. The van der Waals surface area contributed by atoms with E-state index < -0.39 is 0 Å². The molecule has 6 heteroatoms. The number of anilines is 2. The van der Waals surface area contributed by atoms with Crippen LogP contribution in [0.2, 0.25) is 0 Å². The standard InChI is InChI=1S/C13H18N4O2/c1-18-8-9-4-6-17(7-5-9)11-3-2-10(14)12-13(11)16-19-15-12/h2-3,9H,4-8,14H2,1H3. The van der Waals surface area contributed by atoms with Crippen molar-refractivity contribution in [3.8, 4) is 0 Å². The smallest absolute Gasteiger partial charge is 0.160 e. The third-order valence-electron chi connectivity index (χ3n) is 3.78. The van der Waals surface area contributed by atoms with Gasteiger partial charge in [-0.25, -0.2) is 4.63 Å². The molecule has 0 bridgehead atoms. The number of ether oxygens (including phenoxy) is 1. The van der Waals surface area contributed by atoms with E-state index in [1.807, 2.05) is 12.1 Å². The van der Waals surface area contributed by atoms with Crippen LogP contribution in [0.3, 0.4) is 0 Å². The van der Waals surface area contributed by atoms with Crippen LogP contribution in [0.4, 0.5) is 11.4 Å². The predicted molar refractivity (Wildman–Crippen MR) is 73.0 cm³/mol. The van der Waals surface area contributed by atoms with Crippen molar-refractivity contribution in [2.24, 2.45) is 5.92 Å². The molecule has 0 saturated carbocycles. The molecule has 2 heterocycles. The molecule has 102 valence electrons. The molecule has 1 saturated heterocycles. The van der Waals surface area contributed by atoms with E-state index in [0.29, 0.717) is 17.1 Å². The van der Waals surface area contributed by atoms with Crippen molar-refractivity contribution in [1.82, 2.24) is 10.3 Å². The third-order valence-corrected chi connectivity index (χ3v) is 3.78. The average Bonchev–Trinajstić information content (AvgIpc) is 2.91. The van der Waals surface area contributed by atoms with Gasteiger partial charge in [-0.1, -0.05) is 0 Å². The van der Waals surface area contributed by atoms with Crippen LogP contribution in [-0.2, 0) is 4.74 Å². The summed E-state index contributed by atoms with van der Waals surface area (Å²) in [4.78, 5) is 2.32. The van der Waals surface area contributed by atoms with Crippen LogP contribution in [0.25, 0.3) is 11.0 Å². The second-order valence-electron chi connectivity index (χ2n) is 5.02. The van der Waals surface area contributed by atoms with Crippen LogP contribution in [0, 0.1) is 5.92 Å². The molecule has 0 atom stereocenters. The number of fused-ring (bicyclic) bond motifs is 1. The predicted octanol–water partition coefficient (Wildman–Crippen LogP) is 1.67. The summed E-state index contributed by atoms with van der Waals surface area (Å²) in [6, 6.07) is 3.86. The third kappa shape index (κ3) is 2.23. The van der Waals surface area contributed by atoms with E-state index in [4.69, 9.17) is 15.1 Å². The van der Waals surface area contributed by atoms with Crippen LogP contribution in [-0.4, -0.2) is 37.1 Å². The minimum Gasteiger partial charge on any atom is -0.397 e. The van der Waals surface area contributed by atoms with E-state index in [0.717, 1.165) is 43.7 Å². The number of methoxy groups -OCH3 is 1. The summed E-state index contributed by atoms with van der Waals surface area (Å²) in [6.07, 6.45) is 2.26. The fourth-order valence-electron chi connectivity index (χ4n) is 2.70. The lowest BCUT2D eigenvalue weighted by atomic mass is 9.97. The first-order valence-corrected chi connectivity index (χ1v) is 6.54. The molecule has 3 rings (SSSR count). The minimum atomic E-state index is 0.606. The molecule has 0 spiro atoms. The van der Waals surface area contributed by atoms with Crippen molar-refractivity contribution in [2.45, 2.75) is 12.8 Å². The van der Waals surface area contributed by atoms with Gasteiger partial charge in [-0.05, 0) is 41.2 Å². The molecule has 1 aromatic heterocycles. The summed E-state index contributed by atoms with van der Waals surface area (Å²) in [6.45, 7) is 2.84. The summed E-state index contributed by atoms with van der Waals surface area (Å²) in [7, 11) is 1.76. The Morgan fingerprint density at radius 2 is 2.05 bits per heavy atom. The number of nitrogens with zero attached hydrogens (tertiary/aromatic N) is 3. The normalized spacial score (nSPS) is 17.2. The van der Waals surface area contributed by atoms with E-state index in [-0.39, 0.29) is 0 Å². The number of aromatic nitrogens is 2. The zero-order chi connectivity index (χ0) is 13.2. The highest BCUT2D eigenvalue weighted by Crippen LogP contribution is 2.31. The highest BCUT2D eigenvalue weighted by molar-refractivity contribution is 5.95. The van der Waals surface area contributed by atoms with Crippen LogP contribution < -0.4 is 10.6 Å². The molecular formula is C13H18N4O2. The maximum absolute atomic E-state index is 5.86. The molecule has 19 heavy (non-hydrogen) atoms. The molecule has 0 radical (unpaired) electrons. The van der Waals surface area contributed by atoms with E-state index in [9.17, 15) is 0 Å². The van der Waals surface area contributed by atoms with E-state index in [2.05, 4.69) is 15.2 Å². The highest BCUT2D eigenvalue weighted by Gasteiger charge is 2.22. The molecule has 1 aliphatic heterocycles. The SMILES string of the molecule is COCC1CCN(c2ccc(N)c3nonc23)CC1. The first-order chi connectivity index (χ1) is 9.29. The van der Waals surface area contributed by atoms with E-state index >= 15 is 0 Å². The summed E-state index contributed by atoms with van der Waals surface area (Å²) in [5.74, 6) is 0.654. The Kier molecular flexibility index (Phi) is 3.25. The summed E-state index contributed by atoms with van der Waals surface area (Å²) in [5.41, 5.74) is 8.93. The molecule has 0 amide bonds. The number of hydrogen-bond acceptors (Lipinski definition) is 6. The van der Waals surface area contributed by atoms with Gasteiger partial charge in [-0.3, -0.25) is 0 Å². The minimum absolute atomic E-state index is 0.606. The Hall–Kier alpha value is -1.82.